The van der Waals surface area contributed by atoms with E-state index in [-0.39, 0.29) is 22.8 Å². The van der Waals surface area contributed by atoms with Gasteiger partial charge in [-0.15, -0.1) is 13.2 Å². The summed E-state index contributed by atoms with van der Waals surface area (Å²) in [5.41, 5.74) is 1.88. The largest absolute Gasteiger partial charge is 0.573 e. The van der Waals surface area contributed by atoms with Crippen molar-refractivity contribution in [2.75, 3.05) is 4.90 Å². The molecule has 2 heterocycles. The topological polar surface area (TPSA) is 80.0 Å². The molecule has 1 aliphatic rings. The van der Waals surface area contributed by atoms with E-state index >= 15 is 0 Å². The van der Waals surface area contributed by atoms with Crippen LogP contribution in [0.1, 0.15) is 34.3 Å². The number of ketones is 1. The van der Waals surface area contributed by atoms with Crippen LogP contribution in [0.15, 0.2) is 64.6 Å². The predicted octanol–water partition coefficient (Wildman–Crippen LogP) is 5.73. The number of furan rings is 1. The molecule has 1 aliphatic heterocycles. The van der Waals surface area contributed by atoms with E-state index in [9.17, 15) is 27.9 Å². The molecule has 6 nitrogen and oxygen atoms in total. The van der Waals surface area contributed by atoms with Gasteiger partial charge < -0.3 is 14.3 Å². The molecule has 34 heavy (non-hydrogen) atoms. The molecule has 2 aromatic carbocycles. The fourth-order valence-electron chi connectivity index (χ4n) is 3.91. The number of carbonyl (C=O) groups is 2. The summed E-state index contributed by atoms with van der Waals surface area (Å²) >= 11 is 0. The maximum atomic E-state index is 13.1. The maximum Gasteiger partial charge on any atom is 0.573 e. The Morgan fingerprint density at radius 3 is 2.26 bits per heavy atom. The van der Waals surface area contributed by atoms with E-state index in [2.05, 4.69) is 4.74 Å². The zero-order valence-corrected chi connectivity index (χ0v) is 18.4. The van der Waals surface area contributed by atoms with Gasteiger partial charge in [0.1, 0.15) is 29.1 Å². The van der Waals surface area contributed by atoms with E-state index in [1.165, 1.54) is 12.1 Å². The minimum absolute atomic E-state index is 0.135. The normalized spacial score (nSPS) is 17.9. The van der Waals surface area contributed by atoms with Crippen molar-refractivity contribution >= 4 is 23.1 Å². The second-order valence-electron chi connectivity index (χ2n) is 7.98. The van der Waals surface area contributed by atoms with Crippen molar-refractivity contribution < 1.29 is 37.0 Å². The van der Waals surface area contributed by atoms with Crippen LogP contribution in [-0.2, 0) is 9.59 Å². The van der Waals surface area contributed by atoms with E-state index < -0.39 is 29.8 Å². The van der Waals surface area contributed by atoms with Crippen LogP contribution in [0.5, 0.6) is 5.75 Å². The lowest BCUT2D eigenvalue weighted by Crippen LogP contribution is -2.29. The van der Waals surface area contributed by atoms with Crippen molar-refractivity contribution in [3.63, 3.8) is 0 Å². The van der Waals surface area contributed by atoms with E-state index in [1.807, 2.05) is 13.0 Å². The number of amides is 1. The fraction of sp³-hybridized carbons (Fsp3) is 0.200. The zero-order chi connectivity index (χ0) is 24.8. The summed E-state index contributed by atoms with van der Waals surface area (Å²) < 4.78 is 47.2. The van der Waals surface area contributed by atoms with E-state index in [0.717, 1.165) is 22.6 Å². The average molecular weight is 471 g/mol. The van der Waals surface area contributed by atoms with Crippen molar-refractivity contribution in [1.82, 2.24) is 0 Å². The number of ether oxygens (including phenoxy) is 1. The number of Topliss-reactive ketones (excluding diaryl/α,β-unsaturated/α-hetero) is 1. The second kappa shape index (κ2) is 8.40. The van der Waals surface area contributed by atoms with E-state index in [0.29, 0.717) is 16.9 Å². The second-order valence-corrected chi connectivity index (χ2v) is 7.98. The Hall–Kier alpha value is -4.01. The number of aryl methyl sites for hydroxylation is 3. The highest BCUT2D eigenvalue weighted by molar-refractivity contribution is 6.51. The third-order valence-electron chi connectivity index (χ3n) is 5.47. The van der Waals surface area contributed by atoms with Crippen molar-refractivity contribution in [3.05, 3.63) is 88.4 Å². The number of rotatable bonds is 4. The van der Waals surface area contributed by atoms with Crippen LogP contribution in [0.3, 0.4) is 0 Å². The number of carbonyl (C=O) groups excluding carboxylic acids is 2. The molecule has 3 aromatic rings. The van der Waals surface area contributed by atoms with Gasteiger partial charge in [0.25, 0.3) is 11.7 Å². The van der Waals surface area contributed by atoms with Crippen LogP contribution in [0.25, 0.3) is 5.76 Å². The Bertz CT molecular complexity index is 1300. The maximum absolute atomic E-state index is 13.1. The van der Waals surface area contributed by atoms with Gasteiger partial charge in [0, 0.05) is 11.3 Å². The molecular formula is C25H20F3NO5. The fourth-order valence-corrected chi connectivity index (χ4v) is 3.91. The summed E-state index contributed by atoms with van der Waals surface area (Å²) in [4.78, 5) is 27.3. The highest BCUT2D eigenvalue weighted by atomic mass is 19.4. The Labute approximate surface area is 192 Å². The van der Waals surface area contributed by atoms with Gasteiger partial charge in [-0.2, -0.15) is 0 Å². The van der Waals surface area contributed by atoms with Gasteiger partial charge in [0.05, 0.1) is 5.57 Å². The molecule has 1 N–H and O–H groups in total. The number of alkyl halides is 3. The van der Waals surface area contributed by atoms with Gasteiger partial charge in [0.2, 0.25) is 0 Å². The molecule has 0 bridgehead atoms. The molecule has 0 radical (unpaired) electrons. The first-order valence-electron chi connectivity index (χ1n) is 10.3. The summed E-state index contributed by atoms with van der Waals surface area (Å²) in [5.74, 6) is -1.99. The van der Waals surface area contributed by atoms with E-state index in [4.69, 9.17) is 4.42 Å². The lowest BCUT2D eigenvalue weighted by atomic mass is 9.96. The smallest absolute Gasteiger partial charge is 0.507 e. The lowest BCUT2D eigenvalue weighted by Gasteiger charge is -2.24. The van der Waals surface area contributed by atoms with Gasteiger partial charge in [-0.25, -0.2) is 0 Å². The predicted molar refractivity (Wildman–Crippen MR) is 117 cm³/mol. The third kappa shape index (κ3) is 4.28. The van der Waals surface area contributed by atoms with Crippen molar-refractivity contribution in [3.8, 4) is 5.75 Å². The van der Waals surface area contributed by atoms with Crippen molar-refractivity contribution in [1.29, 1.82) is 0 Å². The Balaban J connectivity index is 1.87. The molecular weight excluding hydrogens is 451 g/mol. The minimum Gasteiger partial charge on any atom is -0.507 e. The molecule has 1 fully saturated rings. The number of benzene rings is 2. The first kappa shape index (κ1) is 23.2. The standard InChI is InChI=1S/C25H20F3NO5/c1-13-4-5-14(2)18(12-13)22(30)20-21(19-11-6-15(3)33-19)29(24(32)23(20)31)16-7-9-17(10-8-16)34-25(26,27)28/h4-12,21,30H,1-3H3/b22-20+. The van der Waals surface area contributed by atoms with Crippen LogP contribution >= 0.6 is 0 Å². The summed E-state index contributed by atoms with van der Waals surface area (Å²) in [6.45, 7) is 5.27. The van der Waals surface area contributed by atoms with Gasteiger partial charge in [-0.3, -0.25) is 14.5 Å². The number of aliphatic hydroxyl groups excluding tert-OH is 1. The molecule has 0 spiro atoms. The average Bonchev–Trinajstić information content (AvgIpc) is 3.30. The van der Waals surface area contributed by atoms with Crippen LogP contribution in [0, 0.1) is 20.8 Å². The minimum atomic E-state index is -4.87. The van der Waals surface area contributed by atoms with Crippen LogP contribution in [-0.4, -0.2) is 23.2 Å². The van der Waals surface area contributed by atoms with Gasteiger partial charge in [-0.05, 0) is 68.8 Å². The van der Waals surface area contributed by atoms with Crippen LogP contribution < -0.4 is 9.64 Å². The summed E-state index contributed by atoms with van der Waals surface area (Å²) in [5, 5.41) is 11.2. The summed E-state index contributed by atoms with van der Waals surface area (Å²) in [7, 11) is 0. The number of nitrogens with zero attached hydrogens (tertiary/aromatic N) is 1. The van der Waals surface area contributed by atoms with Crippen molar-refractivity contribution in [2.24, 2.45) is 0 Å². The Morgan fingerprint density at radius 1 is 1.00 bits per heavy atom. The van der Waals surface area contributed by atoms with Gasteiger partial charge in [-0.1, -0.05) is 17.7 Å². The number of hydrogen-bond donors (Lipinski definition) is 1. The van der Waals surface area contributed by atoms with Gasteiger partial charge in [0.15, 0.2) is 0 Å². The monoisotopic (exact) mass is 471 g/mol. The third-order valence-corrected chi connectivity index (χ3v) is 5.47. The molecule has 0 saturated carbocycles. The highest BCUT2D eigenvalue weighted by Crippen LogP contribution is 2.43. The molecule has 176 valence electrons. The quantitative estimate of drug-likeness (QED) is 0.299. The summed E-state index contributed by atoms with van der Waals surface area (Å²) in [6, 6.07) is 12.0. The molecule has 9 heteroatoms. The number of halogens is 3. The lowest BCUT2D eigenvalue weighted by molar-refractivity contribution is -0.274. The molecule has 1 amide bonds. The molecule has 1 unspecified atom stereocenters. The van der Waals surface area contributed by atoms with Crippen LogP contribution in [0.2, 0.25) is 0 Å². The van der Waals surface area contributed by atoms with Gasteiger partial charge >= 0.3 is 6.36 Å². The number of hydrogen-bond acceptors (Lipinski definition) is 5. The Morgan fingerprint density at radius 2 is 1.68 bits per heavy atom. The SMILES string of the molecule is Cc1ccc(C)c(/C(O)=C2\C(=O)C(=O)N(c3ccc(OC(F)(F)F)cc3)C2c2ccc(C)o2)c1. The number of anilines is 1. The molecule has 0 aliphatic carbocycles. The number of aliphatic hydroxyl groups is 1. The molecule has 1 saturated heterocycles. The Kier molecular flexibility index (Phi) is 5.72. The first-order chi connectivity index (χ1) is 16.0. The molecule has 4 rings (SSSR count). The zero-order valence-electron chi connectivity index (χ0n) is 18.4. The molecule has 1 atom stereocenters. The van der Waals surface area contributed by atoms with Crippen LogP contribution in [0.4, 0.5) is 18.9 Å². The first-order valence-corrected chi connectivity index (χ1v) is 10.3. The molecule has 1 aromatic heterocycles. The summed E-state index contributed by atoms with van der Waals surface area (Å²) in [6.07, 6.45) is -4.87. The highest BCUT2D eigenvalue weighted by Gasteiger charge is 2.48. The van der Waals surface area contributed by atoms with Crippen molar-refractivity contribution in [2.45, 2.75) is 33.2 Å². The van der Waals surface area contributed by atoms with E-state index in [1.54, 1.807) is 38.1 Å².